The van der Waals surface area contributed by atoms with Gasteiger partial charge in [0.05, 0.1) is 12.7 Å². The van der Waals surface area contributed by atoms with Crippen molar-refractivity contribution in [1.82, 2.24) is 15.3 Å². The molecule has 26 heavy (non-hydrogen) atoms. The van der Waals surface area contributed by atoms with Crippen molar-refractivity contribution >= 4 is 17.5 Å². The smallest absolute Gasteiger partial charge is 0.254 e. The van der Waals surface area contributed by atoms with Gasteiger partial charge in [-0.3, -0.25) is 4.79 Å². The van der Waals surface area contributed by atoms with Gasteiger partial charge in [-0.2, -0.15) is 0 Å². The minimum absolute atomic E-state index is 0.238. The van der Waals surface area contributed by atoms with E-state index in [9.17, 15) is 4.79 Å². The molecule has 0 aliphatic heterocycles. The van der Waals surface area contributed by atoms with Crippen LogP contribution in [0.1, 0.15) is 21.5 Å². The zero-order chi connectivity index (χ0) is 18.4. The molecular formula is C20H20N4O2. The molecule has 3 rings (SSSR count). The molecule has 2 N–H and O–H groups in total. The molecule has 132 valence electrons. The SMILES string of the molecule is COc1ccccc1CNC(=O)c1cnc(Nc2ccc(C)cc2)nc1. The number of anilines is 2. The number of aromatic nitrogens is 2. The van der Waals surface area contributed by atoms with Crippen molar-refractivity contribution in [1.29, 1.82) is 0 Å². The van der Waals surface area contributed by atoms with Gasteiger partial charge in [0.25, 0.3) is 5.91 Å². The molecule has 0 saturated heterocycles. The van der Waals surface area contributed by atoms with Crippen molar-refractivity contribution in [2.75, 3.05) is 12.4 Å². The van der Waals surface area contributed by atoms with Crippen LogP contribution in [0.25, 0.3) is 0 Å². The Balaban J connectivity index is 1.60. The molecule has 2 aromatic carbocycles. The number of hydrogen-bond donors (Lipinski definition) is 2. The molecule has 1 aromatic heterocycles. The lowest BCUT2D eigenvalue weighted by Crippen LogP contribution is -2.23. The summed E-state index contributed by atoms with van der Waals surface area (Å²) in [6, 6.07) is 15.5. The molecule has 0 fully saturated rings. The quantitative estimate of drug-likeness (QED) is 0.713. The maximum atomic E-state index is 12.3. The van der Waals surface area contributed by atoms with Gasteiger partial charge in [-0.15, -0.1) is 0 Å². The topological polar surface area (TPSA) is 76.1 Å². The number of aryl methyl sites for hydroxylation is 1. The van der Waals surface area contributed by atoms with Gasteiger partial charge in [0.15, 0.2) is 0 Å². The highest BCUT2D eigenvalue weighted by molar-refractivity contribution is 5.93. The van der Waals surface area contributed by atoms with Crippen LogP contribution in [0, 0.1) is 6.92 Å². The van der Waals surface area contributed by atoms with Gasteiger partial charge in [0.1, 0.15) is 5.75 Å². The summed E-state index contributed by atoms with van der Waals surface area (Å²) in [5, 5.41) is 5.95. The average molecular weight is 348 g/mol. The largest absolute Gasteiger partial charge is 0.496 e. The maximum absolute atomic E-state index is 12.3. The van der Waals surface area contributed by atoms with Gasteiger partial charge in [0.2, 0.25) is 5.95 Å². The number of nitrogens with zero attached hydrogens (tertiary/aromatic N) is 2. The summed E-state index contributed by atoms with van der Waals surface area (Å²) in [5.41, 5.74) is 3.37. The van der Waals surface area contributed by atoms with Crippen molar-refractivity contribution < 1.29 is 9.53 Å². The summed E-state index contributed by atoms with van der Waals surface area (Å²) >= 11 is 0. The van der Waals surface area contributed by atoms with Gasteiger partial charge >= 0.3 is 0 Å². The van der Waals surface area contributed by atoms with E-state index < -0.39 is 0 Å². The Labute approximate surface area is 152 Å². The highest BCUT2D eigenvalue weighted by Crippen LogP contribution is 2.17. The van der Waals surface area contributed by atoms with Crippen LogP contribution in [-0.2, 0) is 6.54 Å². The first-order chi connectivity index (χ1) is 12.7. The van der Waals surface area contributed by atoms with Crippen molar-refractivity contribution in [2.45, 2.75) is 13.5 Å². The summed E-state index contributed by atoms with van der Waals surface area (Å²) in [4.78, 5) is 20.7. The number of carbonyl (C=O) groups excluding carboxylic acids is 1. The number of hydrogen-bond acceptors (Lipinski definition) is 5. The molecule has 0 radical (unpaired) electrons. The Morgan fingerprint density at radius 3 is 2.42 bits per heavy atom. The van der Waals surface area contributed by atoms with Crippen LogP contribution in [-0.4, -0.2) is 23.0 Å². The first-order valence-electron chi connectivity index (χ1n) is 8.21. The molecule has 0 saturated carbocycles. The van der Waals surface area contributed by atoms with E-state index in [1.165, 1.54) is 18.0 Å². The molecule has 6 nitrogen and oxygen atoms in total. The van der Waals surface area contributed by atoms with E-state index in [1.54, 1.807) is 7.11 Å². The first kappa shape index (κ1) is 17.4. The van der Waals surface area contributed by atoms with E-state index in [4.69, 9.17) is 4.74 Å². The van der Waals surface area contributed by atoms with Crippen molar-refractivity contribution in [2.24, 2.45) is 0 Å². The van der Waals surface area contributed by atoms with E-state index >= 15 is 0 Å². The Bertz CT molecular complexity index is 877. The highest BCUT2D eigenvalue weighted by Gasteiger charge is 2.09. The second-order valence-corrected chi connectivity index (χ2v) is 5.78. The monoisotopic (exact) mass is 348 g/mol. The first-order valence-corrected chi connectivity index (χ1v) is 8.21. The van der Waals surface area contributed by atoms with Crippen LogP contribution in [0.15, 0.2) is 60.9 Å². The molecular weight excluding hydrogens is 328 g/mol. The van der Waals surface area contributed by atoms with Crippen LogP contribution in [0.5, 0.6) is 5.75 Å². The number of nitrogens with one attached hydrogen (secondary N) is 2. The predicted molar refractivity (Wildman–Crippen MR) is 101 cm³/mol. The number of ether oxygens (including phenoxy) is 1. The lowest BCUT2D eigenvalue weighted by atomic mass is 10.2. The third-order valence-electron chi connectivity index (χ3n) is 3.85. The fourth-order valence-electron chi connectivity index (χ4n) is 2.40. The maximum Gasteiger partial charge on any atom is 0.254 e. The molecule has 0 unspecified atom stereocenters. The fraction of sp³-hybridized carbons (Fsp3) is 0.150. The molecule has 3 aromatic rings. The van der Waals surface area contributed by atoms with E-state index in [0.29, 0.717) is 18.1 Å². The Morgan fingerprint density at radius 2 is 1.73 bits per heavy atom. The summed E-state index contributed by atoms with van der Waals surface area (Å²) in [7, 11) is 1.61. The van der Waals surface area contributed by atoms with Crippen LogP contribution in [0.4, 0.5) is 11.6 Å². The van der Waals surface area contributed by atoms with Gasteiger partial charge in [-0.25, -0.2) is 9.97 Å². The molecule has 0 spiro atoms. The van der Waals surface area contributed by atoms with Crippen LogP contribution in [0.3, 0.4) is 0 Å². The number of benzene rings is 2. The number of amides is 1. The van der Waals surface area contributed by atoms with Crippen LogP contribution in [0.2, 0.25) is 0 Å². The number of methoxy groups -OCH3 is 1. The average Bonchev–Trinajstić information content (AvgIpc) is 2.68. The summed E-state index contributed by atoms with van der Waals surface area (Å²) in [5.74, 6) is 0.939. The van der Waals surface area contributed by atoms with Gasteiger partial charge in [0, 0.05) is 30.2 Å². The summed E-state index contributed by atoms with van der Waals surface area (Å²) in [6.07, 6.45) is 3.00. The van der Waals surface area contributed by atoms with Crippen molar-refractivity contribution in [3.05, 3.63) is 77.6 Å². The highest BCUT2D eigenvalue weighted by atomic mass is 16.5. The van der Waals surface area contributed by atoms with E-state index in [-0.39, 0.29) is 5.91 Å². The van der Waals surface area contributed by atoms with Gasteiger partial charge < -0.3 is 15.4 Å². The Kier molecular flexibility index (Phi) is 5.43. The number of rotatable bonds is 6. The van der Waals surface area contributed by atoms with Crippen molar-refractivity contribution in [3.8, 4) is 5.75 Å². The van der Waals surface area contributed by atoms with E-state index in [0.717, 1.165) is 17.0 Å². The molecule has 0 aliphatic rings. The molecule has 0 bridgehead atoms. The second-order valence-electron chi connectivity index (χ2n) is 5.78. The standard InChI is InChI=1S/C20H20N4O2/c1-14-7-9-17(10-8-14)24-20-22-12-16(13-23-20)19(25)21-11-15-5-3-4-6-18(15)26-2/h3-10,12-13H,11H2,1-2H3,(H,21,25)(H,22,23,24). The van der Waals surface area contributed by atoms with Crippen LogP contribution < -0.4 is 15.4 Å². The Morgan fingerprint density at radius 1 is 1.04 bits per heavy atom. The number of para-hydroxylation sites is 1. The van der Waals surface area contributed by atoms with E-state index in [2.05, 4.69) is 20.6 Å². The third kappa shape index (κ3) is 4.36. The lowest BCUT2D eigenvalue weighted by molar-refractivity contribution is 0.0950. The predicted octanol–water partition coefficient (Wildman–Crippen LogP) is 3.47. The number of carbonyl (C=O) groups is 1. The second kappa shape index (κ2) is 8.11. The summed E-state index contributed by atoms with van der Waals surface area (Å²) in [6.45, 7) is 2.39. The lowest BCUT2D eigenvalue weighted by Gasteiger charge is -2.09. The van der Waals surface area contributed by atoms with E-state index in [1.807, 2.05) is 55.5 Å². The molecule has 1 heterocycles. The normalized spacial score (nSPS) is 10.2. The minimum Gasteiger partial charge on any atom is -0.496 e. The molecule has 0 aliphatic carbocycles. The van der Waals surface area contributed by atoms with Crippen LogP contribution >= 0.6 is 0 Å². The zero-order valence-electron chi connectivity index (χ0n) is 14.7. The fourth-order valence-corrected chi connectivity index (χ4v) is 2.40. The molecule has 0 atom stereocenters. The molecule has 1 amide bonds. The van der Waals surface area contributed by atoms with Crippen molar-refractivity contribution in [3.63, 3.8) is 0 Å². The van der Waals surface area contributed by atoms with Gasteiger partial charge in [-0.1, -0.05) is 35.9 Å². The zero-order valence-corrected chi connectivity index (χ0v) is 14.7. The minimum atomic E-state index is -0.238. The molecule has 6 heteroatoms. The summed E-state index contributed by atoms with van der Waals surface area (Å²) < 4.78 is 5.28. The van der Waals surface area contributed by atoms with Gasteiger partial charge in [-0.05, 0) is 25.1 Å². The Hall–Kier alpha value is -3.41. The third-order valence-corrected chi connectivity index (χ3v) is 3.85.